The van der Waals surface area contributed by atoms with Crippen LogP contribution in [0.25, 0.3) is 105 Å². The van der Waals surface area contributed by atoms with E-state index in [2.05, 4.69) is 159 Å². The van der Waals surface area contributed by atoms with E-state index in [9.17, 15) is 0 Å². The molecule has 6 nitrogen and oxygen atoms in total. The highest BCUT2D eigenvalue weighted by Crippen LogP contribution is 2.42. The highest BCUT2D eigenvalue weighted by molar-refractivity contribution is 6.21. The lowest BCUT2D eigenvalue weighted by Crippen LogP contribution is -2.02. The third-order valence-electron chi connectivity index (χ3n) is 11.2. The molecular weight excluding hydrogens is 687 g/mol. The number of rotatable bonds is 5. The molecule has 0 N–H and O–H groups in total. The van der Waals surface area contributed by atoms with Gasteiger partial charge in [-0.05, 0) is 54.6 Å². The number of para-hydroxylation sites is 3. The first-order chi connectivity index (χ1) is 27.8. The molecule has 0 radical (unpaired) electrons. The molecule has 0 bridgehead atoms. The standard InChI is InChI=1S/C50H31N5O/c1-3-15-32(16-4-1)49-51-52-50(33-17-5-2-6-18-33)55(49)44-27-14-26-43-46(44)40-23-8-11-25-42(40)53(43)34-19-13-20-35(31-34)54-41-24-10-7-21-36(41)38-29-30-39-37-22-9-12-28-45(37)56-48(39)47(38)54/h1-31H. The Hall–Kier alpha value is -7.70. The average molecular weight is 718 g/mol. The zero-order chi connectivity index (χ0) is 36.7. The number of benzene rings is 8. The minimum absolute atomic E-state index is 0.791. The number of hydrogen-bond donors (Lipinski definition) is 0. The molecule has 0 spiro atoms. The lowest BCUT2D eigenvalue weighted by Gasteiger charge is -2.14. The summed E-state index contributed by atoms with van der Waals surface area (Å²) < 4.78 is 13.6. The first kappa shape index (κ1) is 30.7. The van der Waals surface area contributed by atoms with E-state index in [4.69, 9.17) is 14.6 Å². The van der Waals surface area contributed by atoms with Gasteiger partial charge >= 0.3 is 0 Å². The first-order valence-corrected chi connectivity index (χ1v) is 18.8. The van der Waals surface area contributed by atoms with Crippen molar-refractivity contribution in [3.8, 4) is 39.8 Å². The topological polar surface area (TPSA) is 53.7 Å². The van der Waals surface area contributed by atoms with Crippen molar-refractivity contribution >= 4 is 65.6 Å². The molecule has 0 aliphatic carbocycles. The molecular formula is C50H31N5O. The van der Waals surface area contributed by atoms with Gasteiger partial charge in [0.1, 0.15) is 5.58 Å². The first-order valence-electron chi connectivity index (χ1n) is 18.8. The van der Waals surface area contributed by atoms with Crippen LogP contribution in [0, 0.1) is 0 Å². The third kappa shape index (κ3) is 4.38. The van der Waals surface area contributed by atoms with Crippen LogP contribution in [0.1, 0.15) is 0 Å². The summed E-state index contributed by atoms with van der Waals surface area (Å²) in [5.41, 5.74) is 11.3. The van der Waals surface area contributed by atoms with E-state index in [-0.39, 0.29) is 0 Å². The summed E-state index contributed by atoms with van der Waals surface area (Å²) in [4.78, 5) is 0. The summed E-state index contributed by atoms with van der Waals surface area (Å²) in [6.45, 7) is 0. The van der Waals surface area contributed by atoms with Gasteiger partial charge in [0, 0.05) is 54.8 Å². The van der Waals surface area contributed by atoms with Crippen LogP contribution >= 0.6 is 0 Å². The van der Waals surface area contributed by atoms with Crippen molar-refractivity contribution in [1.82, 2.24) is 23.9 Å². The fraction of sp³-hybridized carbons (Fsp3) is 0. The summed E-state index contributed by atoms with van der Waals surface area (Å²) >= 11 is 0. The van der Waals surface area contributed by atoms with Crippen LogP contribution in [0.5, 0.6) is 0 Å². The maximum atomic E-state index is 6.67. The van der Waals surface area contributed by atoms with Crippen molar-refractivity contribution in [3.05, 3.63) is 188 Å². The Bertz CT molecular complexity index is 3420. The minimum Gasteiger partial charge on any atom is -0.454 e. The van der Waals surface area contributed by atoms with Gasteiger partial charge < -0.3 is 13.6 Å². The van der Waals surface area contributed by atoms with Gasteiger partial charge in [-0.25, -0.2) is 0 Å². The summed E-state index contributed by atoms with van der Waals surface area (Å²) in [5.74, 6) is 1.58. The number of furan rings is 1. The zero-order valence-corrected chi connectivity index (χ0v) is 30.0. The molecule has 0 fully saturated rings. The van der Waals surface area contributed by atoms with Crippen molar-refractivity contribution in [2.75, 3.05) is 0 Å². The van der Waals surface area contributed by atoms with Crippen LogP contribution < -0.4 is 0 Å². The van der Waals surface area contributed by atoms with Gasteiger partial charge in [0.25, 0.3) is 0 Å². The van der Waals surface area contributed by atoms with E-state index >= 15 is 0 Å². The van der Waals surface area contributed by atoms with Gasteiger partial charge in [0.15, 0.2) is 17.2 Å². The van der Waals surface area contributed by atoms with Gasteiger partial charge in [0.05, 0.1) is 27.8 Å². The molecule has 262 valence electrons. The molecule has 0 amide bonds. The lowest BCUT2D eigenvalue weighted by molar-refractivity contribution is 0.671. The molecule has 8 aromatic carbocycles. The van der Waals surface area contributed by atoms with Crippen LogP contribution in [0.2, 0.25) is 0 Å². The Labute approximate surface area is 320 Å². The van der Waals surface area contributed by atoms with Crippen LogP contribution in [0.15, 0.2) is 192 Å². The van der Waals surface area contributed by atoms with Crippen molar-refractivity contribution in [2.45, 2.75) is 0 Å². The van der Waals surface area contributed by atoms with E-state index < -0.39 is 0 Å². The van der Waals surface area contributed by atoms with Crippen LogP contribution in [-0.2, 0) is 0 Å². The second kappa shape index (κ2) is 11.9. The van der Waals surface area contributed by atoms with Gasteiger partial charge in [-0.1, -0.05) is 133 Å². The zero-order valence-electron chi connectivity index (χ0n) is 30.0. The predicted molar refractivity (Wildman–Crippen MR) is 228 cm³/mol. The number of fused-ring (bicyclic) bond motifs is 10. The molecule has 6 heteroatoms. The largest absolute Gasteiger partial charge is 0.454 e. The second-order valence-corrected chi connectivity index (χ2v) is 14.2. The number of aromatic nitrogens is 5. The highest BCUT2D eigenvalue weighted by Gasteiger charge is 2.23. The quantitative estimate of drug-likeness (QED) is 0.178. The summed E-state index contributed by atoms with van der Waals surface area (Å²) in [6.07, 6.45) is 0. The molecule has 0 aliphatic rings. The normalized spacial score (nSPS) is 11.9. The van der Waals surface area contributed by atoms with Gasteiger partial charge in [-0.3, -0.25) is 4.57 Å². The Kier molecular flexibility index (Phi) is 6.53. The molecule has 12 aromatic rings. The molecule has 4 heterocycles. The Morgan fingerprint density at radius 2 is 0.929 bits per heavy atom. The number of hydrogen-bond acceptors (Lipinski definition) is 3. The fourth-order valence-electron chi connectivity index (χ4n) is 8.80. The SMILES string of the molecule is c1ccc(-c2nnc(-c3ccccc3)n2-c2cccc3c2c2ccccc2n3-c2cccc(-n3c4ccccc4c4ccc5c6ccccc6oc5c43)c2)cc1. The Morgan fingerprint density at radius 1 is 0.375 bits per heavy atom. The Morgan fingerprint density at radius 3 is 1.66 bits per heavy atom. The summed E-state index contributed by atoms with van der Waals surface area (Å²) in [6, 6.07) is 66.1. The second-order valence-electron chi connectivity index (χ2n) is 14.2. The maximum absolute atomic E-state index is 6.67. The van der Waals surface area contributed by atoms with Crippen molar-refractivity contribution in [2.24, 2.45) is 0 Å². The summed E-state index contributed by atoms with van der Waals surface area (Å²) in [5, 5.41) is 16.5. The third-order valence-corrected chi connectivity index (χ3v) is 11.2. The Balaban J connectivity index is 1.13. The van der Waals surface area contributed by atoms with Gasteiger partial charge in [-0.2, -0.15) is 0 Å². The molecule has 56 heavy (non-hydrogen) atoms. The maximum Gasteiger partial charge on any atom is 0.168 e. The van der Waals surface area contributed by atoms with Crippen molar-refractivity contribution in [1.29, 1.82) is 0 Å². The van der Waals surface area contributed by atoms with E-state index in [1.165, 1.54) is 5.39 Å². The highest BCUT2D eigenvalue weighted by atomic mass is 16.3. The van der Waals surface area contributed by atoms with E-state index in [1.807, 2.05) is 42.5 Å². The predicted octanol–water partition coefficient (Wildman–Crippen LogP) is 12.7. The molecule has 12 rings (SSSR count). The molecule has 0 saturated carbocycles. The lowest BCUT2D eigenvalue weighted by atomic mass is 10.1. The average Bonchev–Trinajstić information content (AvgIpc) is 4.04. The van der Waals surface area contributed by atoms with Crippen LogP contribution in [-0.4, -0.2) is 23.9 Å². The van der Waals surface area contributed by atoms with E-state index in [0.717, 1.165) is 100 Å². The van der Waals surface area contributed by atoms with E-state index in [1.54, 1.807) is 0 Å². The van der Waals surface area contributed by atoms with Gasteiger partial charge in [-0.15, -0.1) is 10.2 Å². The van der Waals surface area contributed by atoms with E-state index in [0.29, 0.717) is 0 Å². The molecule has 0 aliphatic heterocycles. The van der Waals surface area contributed by atoms with Gasteiger partial charge in [0.2, 0.25) is 0 Å². The van der Waals surface area contributed by atoms with Crippen molar-refractivity contribution in [3.63, 3.8) is 0 Å². The molecule has 0 saturated heterocycles. The van der Waals surface area contributed by atoms with Crippen LogP contribution in [0.4, 0.5) is 0 Å². The smallest absolute Gasteiger partial charge is 0.168 e. The minimum atomic E-state index is 0.791. The molecule has 4 aromatic heterocycles. The molecule has 0 unspecified atom stereocenters. The monoisotopic (exact) mass is 717 g/mol. The molecule has 0 atom stereocenters. The number of nitrogens with zero attached hydrogens (tertiary/aromatic N) is 5. The fourth-order valence-corrected chi connectivity index (χ4v) is 8.80. The summed E-state index contributed by atoms with van der Waals surface area (Å²) in [7, 11) is 0. The van der Waals surface area contributed by atoms with Crippen molar-refractivity contribution < 1.29 is 4.42 Å². The van der Waals surface area contributed by atoms with Crippen LogP contribution in [0.3, 0.4) is 0 Å².